The fraction of sp³-hybridized carbons (Fsp3) is 0.304. The van der Waals surface area contributed by atoms with Gasteiger partial charge in [-0.1, -0.05) is 12.1 Å². The molecule has 0 atom stereocenters. The highest BCUT2D eigenvalue weighted by Gasteiger charge is 2.25. The number of pyridine rings is 1. The van der Waals surface area contributed by atoms with Gasteiger partial charge in [-0.15, -0.1) is 0 Å². The maximum absolute atomic E-state index is 13.2. The number of carbonyl (C=O) groups excluding carboxylic acids is 1. The van der Waals surface area contributed by atoms with Gasteiger partial charge in [0, 0.05) is 11.9 Å². The molecule has 164 valence electrons. The summed E-state index contributed by atoms with van der Waals surface area (Å²) < 4.78 is 30.9. The van der Waals surface area contributed by atoms with Crippen LogP contribution in [0.25, 0.3) is 10.8 Å². The summed E-state index contributed by atoms with van der Waals surface area (Å²) >= 11 is 0. The molecule has 0 saturated carbocycles. The van der Waals surface area contributed by atoms with Crippen molar-refractivity contribution in [1.82, 2.24) is 9.88 Å². The molecule has 0 bridgehead atoms. The van der Waals surface area contributed by atoms with Crippen molar-refractivity contribution < 1.29 is 23.4 Å². The first-order valence-corrected chi connectivity index (χ1v) is 9.75. The second-order valence-electron chi connectivity index (χ2n) is 7.48. The average molecular weight is 428 g/mol. The summed E-state index contributed by atoms with van der Waals surface area (Å²) in [7, 11) is 2.96. The lowest BCUT2D eigenvalue weighted by Crippen LogP contribution is -2.42. The smallest absolute Gasteiger partial charge is 0.413 e. The molecule has 0 aliphatic rings. The van der Waals surface area contributed by atoms with Gasteiger partial charge in [-0.2, -0.15) is 0 Å². The van der Waals surface area contributed by atoms with E-state index in [0.29, 0.717) is 34.4 Å². The molecule has 0 saturated heterocycles. The molecule has 1 amide bonds. The van der Waals surface area contributed by atoms with Gasteiger partial charge in [0.1, 0.15) is 5.82 Å². The maximum atomic E-state index is 13.2. The van der Waals surface area contributed by atoms with E-state index in [0.717, 1.165) is 0 Å². The molecule has 1 heterocycles. The SMILES string of the molecule is CCn1cc(OC(=O)NC(C)(C)c2ccc(F)cc2)c2cc(OC)c(OC)cc2c1=O. The van der Waals surface area contributed by atoms with Crippen LogP contribution in [0.3, 0.4) is 0 Å². The zero-order valence-electron chi connectivity index (χ0n) is 18.1. The van der Waals surface area contributed by atoms with Crippen LogP contribution in [0.5, 0.6) is 17.2 Å². The number of rotatable bonds is 6. The summed E-state index contributed by atoms with van der Waals surface area (Å²) in [6, 6.07) is 9.01. The van der Waals surface area contributed by atoms with Crippen molar-refractivity contribution in [3.63, 3.8) is 0 Å². The summed E-state index contributed by atoms with van der Waals surface area (Å²) in [5.74, 6) is 0.638. The summed E-state index contributed by atoms with van der Waals surface area (Å²) in [5.41, 5.74) is -0.348. The summed E-state index contributed by atoms with van der Waals surface area (Å²) in [4.78, 5) is 25.5. The lowest BCUT2D eigenvalue weighted by atomic mass is 9.94. The summed E-state index contributed by atoms with van der Waals surface area (Å²) in [6.45, 7) is 5.76. The van der Waals surface area contributed by atoms with E-state index >= 15 is 0 Å². The second kappa shape index (κ2) is 8.67. The molecule has 0 aliphatic carbocycles. The van der Waals surface area contributed by atoms with Gasteiger partial charge in [-0.3, -0.25) is 4.79 Å². The van der Waals surface area contributed by atoms with E-state index in [-0.39, 0.29) is 17.1 Å². The van der Waals surface area contributed by atoms with Crippen LogP contribution in [0.1, 0.15) is 26.3 Å². The van der Waals surface area contributed by atoms with Crippen molar-refractivity contribution >= 4 is 16.9 Å². The molecule has 0 unspecified atom stereocenters. The minimum Gasteiger partial charge on any atom is -0.493 e. The van der Waals surface area contributed by atoms with Gasteiger partial charge in [0.2, 0.25) is 0 Å². The zero-order valence-corrected chi connectivity index (χ0v) is 18.1. The Morgan fingerprint density at radius 1 is 1.03 bits per heavy atom. The number of amides is 1. The predicted molar refractivity (Wildman–Crippen MR) is 116 cm³/mol. The van der Waals surface area contributed by atoms with Crippen molar-refractivity contribution in [2.24, 2.45) is 0 Å². The molecular formula is C23H25FN2O5. The van der Waals surface area contributed by atoms with Crippen molar-refractivity contribution in [2.45, 2.75) is 32.9 Å². The number of nitrogens with one attached hydrogen (secondary N) is 1. The molecule has 0 radical (unpaired) electrons. The summed E-state index contributed by atoms with van der Waals surface area (Å²) in [5, 5.41) is 3.54. The maximum Gasteiger partial charge on any atom is 0.413 e. The van der Waals surface area contributed by atoms with Crippen LogP contribution < -0.4 is 25.1 Å². The Balaban J connectivity index is 1.99. The number of halogens is 1. The molecule has 7 nitrogen and oxygen atoms in total. The van der Waals surface area contributed by atoms with Gasteiger partial charge in [0.05, 0.1) is 31.3 Å². The highest BCUT2D eigenvalue weighted by molar-refractivity contribution is 5.92. The monoisotopic (exact) mass is 428 g/mol. The first-order valence-electron chi connectivity index (χ1n) is 9.75. The molecule has 0 fully saturated rings. The van der Waals surface area contributed by atoms with Crippen LogP contribution in [0.15, 0.2) is 47.4 Å². The van der Waals surface area contributed by atoms with Crippen molar-refractivity contribution in [3.8, 4) is 17.2 Å². The number of ether oxygens (including phenoxy) is 3. The van der Waals surface area contributed by atoms with Gasteiger partial charge in [-0.25, -0.2) is 9.18 Å². The molecule has 2 aromatic carbocycles. The average Bonchev–Trinajstić information content (AvgIpc) is 2.74. The van der Waals surface area contributed by atoms with Crippen LogP contribution in [0.2, 0.25) is 0 Å². The fourth-order valence-corrected chi connectivity index (χ4v) is 3.32. The number of methoxy groups -OCH3 is 2. The number of fused-ring (bicyclic) bond motifs is 1. The van der Waals surface area contributed by atoms with Gasteiger partial charge < -0.3 is 24.1 Å². The van der Waals surface area contributed by atoms with E-state index in [1.807, 2.05) is 6.92 Å². The number of benzene rings is 2. The first kappa shape index (κ1) is 22.1. The Labute approximate surface area is 179 Å². The van der Waals surface area contributed by atoms with E-state index in [4.69, 9.17) is 14.2 Å². The zero-order chi connectivity index (χ0) is 22.8. The van der Waals surface area contributed by atoms with Crippen molar-refractivity contribution in [1.29, 1.82) is 0 Å². The Hall–Kier alpha value is -3.55. The number of aromatic nitrogens is 1. The number of hydrogen-bond acceptors (Lipinski definition) is 5. The molecule has 3 rings (SSSR count). The van der Waals surface area contributed by atoms with Crippen LogP contribution in [-0.2, 0) is 12.1 Å². The Kier molecular flexibility index (Phi) is 6.19. The van der Waals surface area contributed by atoms with Crippen LogP contribution in [-0.4, -0.2) is 24.9 Å². The van der Waals surface area contributed by atoms with Crippen molar-refractivity contribution in [2.75, 3.05) is 14.2 Å². The van der Waals surface area contributed by atoms with Gasteiger partial charge in [0.15, 0.2) is 17.2 Å². The molecule has 31 heavy (non-hydrogen) atoms. The Morgan fingerprint density at radius 2 is 1.61 bits per heavy atom. The normalized spacial score (nSPS) is 11.3. The standard InChI is InChI=1S/C23H25FN2O5/c1-6-26-13-20(16-11-18(29-4)19(30-5)12-17(16)21(26)27)31-22(28)25-23(2,3)14-7-9-15(24)10-8-14/h7-13H,6H2,1-5H3,(H,25,28). The molecule has 1 N–H and O–H groups in total. The van der Waals surface area contributed by atoms with Gasteiger partial charge in [-0.05, 0) is 50.6 Å². The topological polar surface area (TPSA) is 78.8 Å². The van der Waals surface area contributed by atoms with Crippen molar-refractivity contribution in [3.05, 3.63) is 64.3 Å². The molecule has 8 heteroatoms. The third kappa shape index (κ3) is 4.47. The molecule has 0 aliphatic heterocycles. The van der Waals surface area contributed by atoms with E-state index < -0.39 is 11.6 Å². The van der Waals surface area contributed by atoms with E-state index in [2.05, 4.69) is 5.32 Å². The fourth-order valence-electron chi connectivity index (χ4n) is 3.32. The largest absolute Gasteiger partial charge is 0.493 e. The quantitative estimate of drug-likeness (QED) is 0.637. The molecule has 1 aromatic heterocycles. The minimum atomic E-state index is -0.819. The summed E-state index contributed by atoms with van der Waals surface area (Å²) in [6.07, 6.45) is 0.771. The second-order valence-corrected chi connectivity index (χ2v) is 7.48. The van der Waals surface area contributed by atoms with E-state index in [1.54, 1.807) is 38.1 Å². The number of nitrogens with zero attached hydrogens (tertiary/aromatic N) is 1. The van der Waals surface area contributed by atoms with E-state index in [9.17, 15) is 14.0 Å². The minimum absolute atomic E-state index is 0.199. The Bertz CT molecular complexity index is 1170. The van der Waals surface area contributed by atoms with Crippen LogP contribution in [0, 0.1) is 5.82 Å². The Morgan fingerprint density at radius 3 is 2.16 bits per heavy atom. The van der Waals surface area contributed by atoms with Crippen LogP contribution in [0.4, 0.5) is 9.18 Å². The predicted octanol–water partition coefficient (Wildman–Crippen LogP) is 4.20. The van der Waals surface area contributed by atoms with Gasteiger partial charge in [0.25, 0.3) is 5.56 Å². The lowest BCUT2D eigenvalue weighted by Gasteiger charge is -2.26. The molecular weight excluding hydrogens is 403 g/mol. The van der Waals surface area contributed by atoms with E-state index in [1.165, 1.54) is 37.1 Å². The lowest BCUT2D eigenvalue weighted by molar-refractivity contribution is 0.188. The third-order valence-corrected chi connectivity index (χ3v) is 5.08. The molecule has 3 aromatic rings. The third-order valence-electron chi connectivity index (χ3n) is 5.08. The van der Waals surface area contributed by atoms with Gasteiger partial charge >= 0.3 is 6.09 Å². The van der Waals surface area contributed by atoms with Crippen LogP contribution >= 0.6 is 0 Å². The number of hydrogen-bond donors (Lipinski definition) is 1. The molecule has 0 spiro atoms. The number of aryl methyl sites for hydroxylation is 1. The number of carbonyl (C=O) groups is 1. The highest BCUT2D eigenvalue weighted by atomic mass is 19.1. The first-order chi connectivity index (χ1) is 14.7. The highest BCUT2D eigenvalue weighted by Crippen LogP contribution is 2.35.